The van der Waals surface area contributed by atoms with Crippen LogP contribution in [-0.4, -0.2) is 21.8 Å². The van der Waals surface area contributed by atoms with E-state index in [1.54, 1.807) is 0 Å². The molecule has 3 N–H and O–H groups in total. The topological polar surface area (TPSA) is 60.9 Å². The molecule has 1 aromatic carbocycles. The van der Waals surface area contributed by atoms with Crippen LogP contribution in [0.1, 0.15) is 22.2 Å². The Kier molecular flexibility index (Phi) is 4.38. The standard InChI is InChI=1S/C15H14F3N3OS/c16-15(17,18)14-10(7-20-21-14)6-19-8-11(22)13-5-9-3-1-2-4-12(9)23-13/h1-5,7,11,19,22H,6,8H2,(H,20,21). The number of aliphatic hydroxyl groups excluding tert-OH is 1. The van der Waals surface area contributed by atoms with Gasteiger partial charge in [-0.05, 0) is 17.5 Å². The van der Waals surface area contributed by atoms with Crippen LogP contribution < -0.4 is 5.32 Å². The summed E-state index contributed by atoms with van der Waals surface area (Å²) in [5, 5.41) is 19.4. The summed E-state index contributed by atoms with van der Waals surface area (Å²) in [5.74, 6) is 0. The summed E-state index contributed by atoms with van der Waals surface area (Å²) in [4.78, 5) is 0.780. The van der Waals surface area contributed by atoms with Gasteiger partial charge in [-0.1, -0.05) is 18.2 Å². The van der Waals surface area contributed by atoms with Gasteiger partial charge in [0, 0.05) is 28.2 Å². The first-order chi connectivity index (χ1) is 10.9. The van der Waals surface area contributed by atoms with Gasteiger partial charge in [-0.25, -0.2) is 0 Å². The van der Waals surface area contributed by atoms with Crippen molar-refractivity contribution in [2.45, 2.75) is 18.8 Å². The van der Waals surface area contributed by atoms with Crippen molar-refractivity contribution in [1.29, 1.82) is 0 Å². The Hall–Kier alpha value is -1.90. The summed E-state index contributed by atoms with van der Waals surface area (Å²) in [6, 6.07) is 9.65. The van der Waals surface area contributed by atoms with E-state index in [4.69, 9.17) is 0 Å². The van der Waals surface area contributed by atoms with Gasteiger partial charge in [-0.3, -0.25) is 5.10 Å². The van der Waals surface area contributed by atoms with Crippen molar-refractivity contribution < 1.29 is 18.3 Å². The third-order valence-electron chi connectivity index (χ3n) is 3.43. The number of aromatic nitrogens is 2. The lowest BCUT2D eigenvalue weighted by Crippen LogP contribution is -2.22. The monoisotopic (exact) mass is 341 g/mol. The van der Waals surface area contributed by atoms with Crippen molar-refractivity contribution in [2.75, 3.05) is 6.54 Å². The predicted octanol–water partition coefficient (Wildman–Crippen LogP) is 3.47. The zero-order valence-electron chi connectivity index (χ0n) is 11.9. The second-order valence-corrected chi connectivity index (χ2v) is 6.22. The van der Waals surface area contributed by atoms with Crippen molar-refractivity contribution in [3.63, 3.8) is 0 Å². The SMILES string of the molecule is OC(CNCc1cn[nH]c1C(F)(F)F)c1cc2ccccc2s1. The Bertz CT molecular complexity index is 763. The number of alkyl halides is 3. The van der Waals surface area contributed by atoms with E-state index in [2.05, 4.69) is 10.4 Å². The molecule has 23 heavy (non-hydrogen) atoms. The number of H-pyrrole nitrogens is 1. The highest BCUT2D eigenvalue weighted by Crippen LogP contribution is 2.31. The fraction of sp³-hybridized carbons (Fsp3) is 0.267. The molecular formula is C15H14F3N3OS. The maximum Gasteiger partial charge on any atom is 0.433 e. The third kappa shape index (κ3) is 3.54. The summed E-state index contributed by atoms with van der Waals surface area (Å²) in [7, 11) is 0. The normalized spacial score (nSPS) is 13.6. The zero-order chi connectivity index (χ0) is 16.4. The number of thiophene rings is 1. The second kappa shape index (κ2) is 6.31. The maximum absolute atomic E-state index is 12.7. The molecule has 0 amide bonds. The molecule has 0 radical (unpaired) electrons. The summed E-state index contributed by atoms with van der Waals surface area (Å²) in [6.07, 6.45) is -4.09. The highest BCUT2D eigenvalue weighted by atomic mass is 32.1. The number of nitrogens with one attached hydrogen (secondary N) is 2. The quantitative estimate of drug-likeness (QED) is 0.666. The highest BCUT2D eigenvalue weighted by Gasteiger charge is 2.35. The molecule has 2 aromatic heterocycles. The Balaban J connectivity index is 1.61. The van der Waals surface area contributed by atoms with Crippen molar-refractivity contribution >= 4 is 21.4 Å². The Labute approximate surface area is 134 Å². The van der Waals surface area contributed by atoms with E-state index in [-0.39, 0.29) is 18.7 Å². The van der Waals surface area contributed by atoms with Gasteiger partial charge >= 0.3 is 6.18 Å². The van der Waals surface area contributed by atoms with Gasteiger partial charge in [0.25, 0.3) is 0 Å². The summed E-state index contributed by atoms with van der Waals surface area (Å²) < 4.78 is 39.2. The van der Waals surface area contributed by atoms with Crippen LogP contribution in [0.3, 0.4) is 0 Å². The summed E-state index contributed by atoms with van der Waals surface area (Å²) in [5.41, 5.74) is -0.831. The van der Waals surface area contributed by atoms with Crippen LogP contribution in [0.4, 0.5) is 13.2 Å². The fourth-order valence-corrected chi connectivity index (χ4v) is 3.35. The molecule has 3 rings (SSSR count). The molecule has 3 aromatic rings. The van der Waals surface area contributed by atoms with Gasteiger partial charge in [0.1, 0.15) is 11.8 Å². The smallest absolute Gasteiger partial charge is 0.386 e. The lowest BCUT2D eigenvalue weighted by molar-refractivity contribution is -0.141. The molecule has 0 saturated carbocycles. The number of benzene rings is 1. The van der Waals surface area contributed by atoms with Gasteiger partial charge in [0.15, 0.2) is 0 Å². The average molecular weight is 341 g/mol. The molecule has 122 valence electrons. The predicted molar refractivity (Wildman–Crippen MR) is 82.1 cm³/mol. The number of fused-ring (bicyclic) bond motifs is 1. The van der Waals surface area contributed by atoms with Crippen LogP contribution in [0, 0.1) is 0 Å². The van der Waals surface area contributed by atoms with E-state index in [0.29, 0.717) is 0 Å². The van der Waals surface area contributed by atoms with Gasteiger partial charge in [-0.15, -0.1) is 11.3 Å². The number of rotatable bonds is 5. The molecule has 1 atom stereocenters. The van der Waals surface area contributed by atoms with Crippen LogP contribution in [0.2, 0.25) is 0 Å². The maximum atomic E-state index is 12.7. The molecule has 0 fully saturated rings. The minimum absolute atomic E-state index is 0.0205. The highest BCUT2D eigenvalue weighted by molar-refractivity contribution is 7.19. The zero-order valence-corrected chi connectivity index (χ0v) is 12.7. The van der Waals surface area contributed by atoms with Crippen LogP contribution in [-0.2, 0) is 12.7 Å². The lowest BCUT2D eigenvalue weighted by atomic mass is 10.2. The third-order valence-corrected chi connectivity index (χ3v) is 4.64. The van der Waals surface area contributed by atoms with Crippen LogP contribution >= 0.6 is 11.3 Å². The van der Waals surface area contributed by atoms with E-state index in [1.807, 2.05) is 35.4 Å². The van der Waals surface area contributed by atoms with Crippen molar-refractivity contribution in [3.05, 3.63) is 52.7 Å². The number of halogens is 3. The second-order valence-electron chi connectivity index (χ2n) is 5.10. The molecule has 2 heterocycles. The first-order valence-corrected chi connectivity index (χ1v) is 7.73. The van der Waals surface area contributed by atoms with Gasteiger partial charge in [0.2, 0.25) is 0 Å². The molecule has 0 aliphatic heterocycles. The van der Waals surface area contributed by atoms with Crippen molar-refractivity contribution in [1.82, 2.24) is 15.5 Å². The molecule has 4 nitrogen and oxygen atoms in total. The van der Waals surface area contributed by atoms with E-state index < -0.39 is 18.0 Å². The molecule has 0 saturated heterocycles. The molecule has 0 bridgehead atoms. The minimum atomic E-state index is -4.46. The summed E-state index contributed by atoms with van der Waals surface area (Å²) in [6.45, 7) is 0.141. The van der Waals surface area contributed by atoms with Gasteiger partial charge in [0.05, 0.1) is 6.20 Å². The Morgan fingerprint density at radius 3 is 2.83 bits per heavy atom. The van der Waals surface area contributed by atoms with E-state index in [1.165, 1.54) is 11.3 Å². The van der Waals surface area contributed by atoms with Gasteiger partial charge in [-0.2, -0.15) is 18.3 Å². The number of hydrogen-bond donors (Lipinski definition) is 3. The molecule has 0 aliphatic carbocycles. The largest absolute Gasteiger partial charge is 0.433 e. The molecule has 0 aliphatic rings. The number of aliphatic hydroxyl groups is 1. The van der Waals surface area contributed by atoms with Gasteiger partial charge < -0.3 is 10.4 Å². The first kappa shape index (κ1) is 16.0. The lowest BCUT2D eigenvalue weighted by Gasteiger charge is -2.11. The Morgan fingerprint density at radius 1 is 1.30 bits per heavy atom. The van der Waals surface area contributed by atoms with Crippen LogP contribution in [0.5, 0.6) is 0 Å². The molecule has 0 spiro atoms. The molecular weight excluding hydrogens is 327 g/mol. The fourth-order valence-electron chi connectivity index (χ4n) is 2.30. The average Bonchev–Trinajstić information content (AvgIpc) is 3.12. The summed E-state index contributed by atoms with van der Waals surface area (Å²) >= 11 is 1.47. The molecule has 8 heteroatoms. The number of nitrogens with zero attached hydrogens (tertiary/aromatic N) is 1. The van der Waals surface area contributed by atoms with E-state index >= 15 is 0 Å². The molecule has 1 unspecified atom stereocenters. The number of aromatic amines is 1. The van der Waals surface area contributed by atoms with Crippen LogP contribution in [0.15, 0.2) is 36.5 Å². The van der Waals surface area contributed by atoms with Crippen molar-refractivity contribution in [2.24, 2.45) is 0 Å². The Morgan fingerprint density at radius 2 is 2.09 bits per heavy atom. The van der Waals surface area contributed by atoms with Crippen molar-refractivity contribution in [3.8, 4) is 0 Å². The number of hydrogen-bond acceptors (Lipinski definition) is 4. The van der Waals surface area contributed by atoms with E-state index in [0.717, 1.165) is 21.2 Å². The van der Waals surface area contributed by atoms with E-state index in [9.17, 15) is 18.3 Å². The first-order valence-electron chi connectivity index (χ1n) is 6.92. The van der Waals surface area contributed by atoms with Crippen LogP contribution in [0.25, 0.3) is 10.1 Å². The minimum Gasteiger partial charge on any atom is -0.386 e.